The zero-order valence-corrected chi connectivity index (χ0v) is 11.1. The Morgan fingerprint density at radius 2 is 1.85 bits per heavy atom. The van der Waals surface area contributed by atoms with Crippen LogP contribution in [0.3, 0.4) is 0 Å². The lowest BCUT2D eigenvalue weighted by atomic mass is 10.1. The predicted molar refractivity (Wildman–Crippen MR) is 78.0 cm³/mol. The van der Waals surface area contributed by atoms with Gasteiger partial charge in [0, 0.05) is 5.69 Å². The van der Waals surface area contributed by atoms with Gasteiger partial charge < -0.3 is 10.6 Å². The summed E-state index contributed by atoms with van der Waals surface area (Å²) in [7, 11) is 0. The molecule has 0 fully saturated rings. The van der Waals surface area contributed by atoms with Gasteiger partial charge in [0.05, 0.1) is 6.54 Å². The van der Waals surface area contributed by atoms with Gasteiger partial charge in [0.2, 0.25) is 5.91 Å². The molecule has 0 heterocycles. The molecular formula is C16H17FN2O. The molecule has 0 radical (unpaired) electrons. The van der Waals surface area contributed by atoms with E-state index < -0.39 is 0 Å². The minimum Gasteiger partial charge on any atom is -0.325 e. The van der Waals surface area contributed by atoms with Crippen LogP contribution in [-0.4, -0.2) is 19.0 Å². The average molecular weight is 272 g/mol. The number of amides is 1. The van der Waals surface area contributed by atoms with Crippen LogP contribution in [0.4, 0.5) is 10.1 Å². The first-order valence-electron chi connectivity index (χ1n) is 6.54. The van der Waals surface area contributed by atoms with Crippen molar-refractivity contribution in [3.63, 3.8) is 0 Å². The SMILES string of the molecule is O=C(CNCCc1ccccc1)Nc1cccc(F)c1. The summed E-state index contributed by atoms with van der Waals surface area (Å²) in [4.78, 5) is 11.6. The van der Waals surface area contributed by atoms with Gasteiger partial charge in [-0.3, -0.25) is 4.79 Å². The number of benzene rings is 2. The van der Waals surface area contributed by atoms with Crippen LogP contribution in [-0.2, 0) is 11.2 Å². The van der Waals surface area contributed by atoms with Crippen LogP contribution in [0, 0.1) is 5.82 Å². The molecule has 20 heavy (non-hydrogen) atoms. The normalized spacial score (nSPS) is 10.2. The maximum absolute atomic E-state index is 12.9. The number of hydrogen-bond acceptors (Lipinski definition) is 2. The molecule has 0 aliphatic heterocycles. The summed E-state index contributed by atoms with van der Waals surface area (Å²) in [5, 5.41) is 5.70. The largest absolute Gasteiger partial charge is 0.325 e. The van der Waals surface area contributed by atoms with Gasteiger partial charge in [-0.25, -0.2) is 4.39 Å². The summed E-state index contributed by atoms with van der Waals surface area (Å²) in [6, 6.07) is 15.9. The Bertz CT molecular complexity index is 557. The van der Waals surface area contributed by atoms with Crippen molar-refractivity contribution in [2.24, 2.45) is 0 Å². The lowest BCUT2D eigenvalue weighted by molar-refractivity contribution is -0.115. The van der Waals surface area contributed by atoms with Gasteiger partial charge in [0.15, 0.2) is 0 Å². The van der Waals surface area contributed by atoms with Crippen LogP contribution in [0.1, 0.15) is 5.56 Å². The van der Waals surface area contributed by atoms with E-state index in [1.165, 1.54) is 17.7 Å². The molecule has 0 saturated heterocycles. The van der Waals surface area contributed by atoms with E-state index in [9.17, 15) is 9.18 Å². The predicted octanol–water partition coefficient (Wildman–Crippen LogP) is 2.60. The standard InChI is InChI=1S/C16H17FN2O/c17-14-7-4-8-15(11-14)19-16(20)12-18-10-9-13-5-2-1-3-6-13/h1-8,11,18H,9-10,12H2,(H,19,20). The van der Waals surface area contributed by atoms with Gasteiger partial charge in [-0.2, -0.15) is 0 Å². The van der Waals surface area contributed by atoms with E-state index in [0.717, 1.165) is 13.0 Å². The molecule has 0 aromatic heterocycles. The van der Waals surface area contributed by atoms with E-state index in [0.29, 0.717) is 5.69 Å². The summed E-state index contributed by atoms with van der Waals surface area (Å²) in [6.07, 6.45) is 0.869. The van der Waals surface area contributed by atoms with Gasteiger partial charge in [0.1, 0.15) is 5.82 Å². The quantitative estimate of drug-likeness (QED) is 0.794. The number of hydrogen-bond donors (Lipinski definition) is 2. The van der Waals surface area contributed by atoms with Crippen molar-refractivity contribution in [2.75, 3.05) is 18.4 Å². The molecule has 3 nitrogen and oxygen atoms in total. The van der Waals surface area contributed by atoms with E-state index >= 15 is 0 Å². The summed E-state index contributed by atoms with van der Waals surface area (Å²) in [5.41, 5.74) is 1.70. The molecule has 2 N–H and O–H groups in total. The Balaban J connectivity index is 1.68. The van der Waals surface area contributed by atoms with Gasteiger partial charge in [-0.15, -0.1) is 0 Å². The highest BCUT2D eigenvalue weighted by atomic mass is 19.1. The summed E-state index contributed by atoms with van der Waals surface area (Å²) < 4.78 is 12.9. The van der Waals surface area contributed by atoms with Gasteiger partial charge >= 0.3 is 0 Å². The second-order valence-electron chi connectivity index (χ2n) is 4.47. The van der Waals surface area contributed by atoms with E-state index in [4.69, 9.17) is 0 Å². The highest BCUT2D eigenvalue weighted by Crippen LogP contribution is 2.08. The van der Waals surface area contributed by atoms with Crippen molar-refractivity contribution in [2.45, 2.75) is 6.42 Å². The van der Waals surface area contributed by atoms with Crippen molar-refractivity contribution < 1.29 is 9.18 Å². The minimum atomic E-state index is -0.361. The Kier molecular flexibility index (Phi) is 5.26. The lowest BCUT2D eigenvalue weighted by Crippen LogP contribution is -2.29. The summed E-state index contributed by atoms with van der Waals surface area (Å²) in [5.74, 6) is -0.538. The second-order valence-corrected chi connectivity index (χ2v) is 4.47. The van der Waals surface area contributed by atoms with Crippen LogP contribution < -0.4 is 10.6 Å². The molecular weight excluding hydrogens is 255 g/mol. The van der Waals surface area contributed by atoms with Crippen molar-refractivity contribution >= 4 is 11.6 Å². The van der Waals surface area contributed by atoms with Gasteiger partial charge in [0.25, 0.3) is 0 Å². The monoisotopic (exact) mass is 272 g/mol. The first-order valence-corrected chi connectivity index (χ1v) is 6.54. The number of carbonyl (C=O) groups excluding carboxylic acids is 1. The molecule has 2 aromatic rings. The fraction of sp³-hybridized carbons (Fsp3) is 0.188. The third-order valence-corrected chi connectivity index (χ3v) is 2.83. The lowest BCUT2D eigenvalue weighted by Gasteiger charge is -2.07. The number of anilines is 1. The summed E-state index contributed by atoms with van der Waals surface area (Å²) >= 11 is 0. The Morgan fingerprint density at radius 1 is 1.05 bits per heavy atom. The van der Waals surface area contributed by atoms with Crippen molar-refractivity contribution in [3.05, 3.63) is 66.0 Å². The molecule has 0 spiro atoms. The Labute approximate surface area is 117 Å². The molecule has 2 aromatic carbocycles. The Morgan fingerprint density at radius 3 is 2.60 bits per heavy atom. The van der Waals surface area contributed by atoms with Crippen molar-refractivity contribution in [3.8, 4) is 0 Å². The molecule has 0 unspecified atom stereocenters. The second kappa shape index (κ2) is 7.40. The number of halogens is 1. The van der Waals surface area contributed by atoms with Crippen LogP contribution in [0.2, 0.25) is 0 Å². The molecule has 0 aliphatic carbocycles. The van der Waals surface area contributed by atoms with E-state index in [1.807, 2.05) is 18.2 Å². The van der Waals surface area contributed by atoms with Crippen LogP contribution in [0.15, 0.2) is 54.6 Å². The molecule has 104 valence electrons. The van der Waals surface area contributed by atoms with Crippen molar-refractivity contribution in [1.82, 2.24) is 5.32 Å². The highest BCUT2D eigenvalue weighted by molar-refractivity contribution is 5.92. The molecule has 0 bridgehead atoms. The fourth-order valence-corrected chi connectivity index (χ4v) is 1.85. The average Bonchev–Trinajstić information content (AvgIpc) is 2.45. The maximum atomic E-state index is 12.9. The maximum Gasteiger partial charge on any atom is 0.238 e. The smallest absolute Gasteiger partial charge is 0.238 e. The van der Waals surface area contributed by atoms with Crippen LogP contribution in [0.5, 0.6) is 0 Å². The third kappa shape index (κ3) is 4.82. The zero-order valence-electron chi connectivity index (χ0n) is 11.1. The zero-order chi connectivity index (χ0) is 14.2. The van der Waals surface area contributed by atoms with Crippen molar-refractivity contribution in [1.29, 1.82) is 0 Å². The van der Waals surface area contributed by atoms with E-state index in [2.05, 4.69) is 22.8 Å². The molecule has 0 atom stereocenters. The molecule has 2 rings (SSSR count). The minimum absolute atomic E-state index is 0.177. The summed E-state index contributed by atoms with van der Waals surface area (Å²) in [6.45, 7) is 0.934. The highest BCUT2D eigenvalue weighted by Gasteiger charge is 2.02. The third-order valence-electron chi connectivity index (χ3n) is 2.83. The molecule has 4 heteroatoms. The number of carbonyl (C=O) groups is 1. The van der Waals surface area contributed by atoms with E-state index in [1.54, 1.807) is 12.1 Å². The molecule has 0 saturated carbocycles. The van der Waals surface area contributed by atoms with Crippen LogP contribution in [0.25, 0.3) is 0 Å². The number of rotatable bonds is 6. The fourth-order valence-electron chi connectivity index (χ4n) is 1.85. The molecule has 1 amide bonds. The number of nitrogens with one attached hydrogen (secondary N) is 2. The first-order chi connectivity index (χ1) is 9.74. The molecule has 0 aliphatic rings. The van der Waals surface area contributed by atoms with E-state index in [-0.39, 0.29) is 18.3 Å². The first kappa shape index (κ1) is 14.2. The van der Waals surface area contributed by atoms with Crippen LogP contribution >= 0.6 is 0 Å². The topological polar surface area (TPSA) is 41.1 Å². The Hall–Kier alpha value is -2.20. The van der Waals surface area contributed by atoms with Gasteiger partial charge in [-0.05, 0) is 36.7 Å². The van der Waals surface area contributed by atoms with Gasteiger partial charge in [-0.1, -0.05) is 36.4 Å².